The van der Waals surface area contributed by atoms with Crippen LogP contribution < -0.4 is 0 Å². The molecule has 1 fully saturated rings. The molecular formula is C5H18O5Si4. The van der Waals surface area contributed by atoms with E-state index < -0.39 is 38.6 Å². The predicted molar refractivity (Wildman–Crippen MR) is 62.9 cm³/mol. The number of rotatable bonds is 4. The SMILES string of the molecule is COCCC[Si]1(C)O[SiH2]O[SiH2]O[SiH2]O1. The van der Waals surface area contributed by atoms with Crippen LogP contribution in [0.4, 0.5) is 0 Å². The van der Waals surface area contributed by atoms with Crippen LogP contribution in [0.1, 0.15) is 6.42 Å². The molecule has 0 saturated carbocycles. The molecule has 1 heterocycles. The van der Waals surface area contributed by atoms with E-state index in [1.54, 1.807) is 7.11 Å². The summed E-state index contributed by atoms with van der Waals surface area (Å²) in [5, 5.41) is 0. The van der Waals surface area contributed by atoms with Gasteiger partial charge in [0.25, 0.3) is 30.0 Å². The van der Waals surface area contributed by atoms with Crippen molar-refractivity contribution in [1.29, 1.82) is 0 Å². The Bertz CT molecular complexity index is 151. The van der Waals surface area contributed by atoms with E-state index in [1.165, 1.54) is 0 Å². The van der Waals surface area contributed by atoms with Crippen molar-refractivity contribution in [2.24, 2.45) is 0 Å². The van der Waals surface area contributed by atoms with Crippen molar-refractivity contribution in [3.8, 4) is 0 Å². The molecule has 9 heteroatoms. The zero-order valence-corrected chi connectivity index (χ0v) is 14.0. The van der Waals surface area contributed by atoms with E-state index in [0.717, 1.165) is 19.1 Å². The molecule has 0 amide bonds. The third-order valence-corrected chi connectivity index (χ3v) is 11.8. The van der Waals surface area contributed by atoms with Crippen molar-refractivity contribution < 1.29 is 21.2 Å². The molecule has 0 N–H and O–H groups in total. The average Bonchev–Trinajstić information content (AvgIpc) is 2.13. The van der Waals surface area contributed by atoms with Gasteiger partial charge in [-0.15, -0.1) is 0 Å². The van der Waals surface area contributed by atoms with Crippen LogP contribution in [-0.2, 0) is 21.2 Å². The van der Waals surface area contributed by atoms with Gasteiger partial charge in [0.1, 0.15) is 0 Å². The van der Waals surface area contributed by atoms with E-state index in [1.807, 2.05) is 0 Å². The van der Waals surface area contributed by atoms with Crippen LogP contribution in [0.2, 0.25) is 12.6 Å². The first-order chi connectivity index (χ1) is 6.77. The van der Waals surface area contributed by atoms with Crippen LogP contribution in [0.5, 0.6) is 0 Å². The number of ether oxygens (including phenoxy) is 1. The quantitative estimate of drug-likeness (QED) is 0.444. The Morgan fingerprint density at radius 1 is 1.14 bits per heavy atom. The zero-order valence-electron chi connectivity index (χ0n) is 8.78. The van der Waals surface area contributed by atoms with Gasteiger partial charge in [-0.2, -0.15) is 0 Å². The number of hydrogen-bond acceptors (Lipinski definition) is 5. The largest absolute Gasteiger partial charge is 0.425 e. The van der Waals surface area contributed by atoms with Crippen LogP contribution in [0, 0.1) is 0 Å². The molecule has 1 saturated heterocycles. The van der Waals surface area contributed by atoms with Crippen molar-refractivity contribution in [1.82, 2.24) is 0 Å². The highest BCUT2D eigenvalue weighted by Crippen LogP contribution is 2.15. The highest BCUT2D eigenvalue weighted by Gasteiger charge is 2.31. The van der Waals surface area contributed by atoms with Crippen LogP contribution in [-0.4, -0.2) is 52.3 Å². The van der Waals surface area contributed by atoms with Crippen molar-refractivity contribution >= 4 is 38.6 Å². The minimum atomic E-state index is -1.94. The molecule has 0 aromatic heterocycles. The summed E-state index contributed by atoms with van der Waals surface area (Å²) in [4.78, 5) is 0. The molecule has 1 aliphatic heterocycles. The summed E-state index contributed by atoms with van der Waals surface area (Å²) in [6.07, 6.45) is 0.999. The average molecular weight is 271 g/mol. The molecule has 84 valence electrons. The zero-order chi connectivity index (χ0) is 10.3. The second-order valence-corrected chi connectivity index (χ2v) is 12.3. The molecule has 5 nitrogen and oxygen atoms in total. The van der Waals surface area contributed by atoms with Gasteiger partial charge in [0.15, 0.2) is 0 Å². The summed E-state index contributed by atoms with van der Waals surface area (Å²) in [5.74, 6) is 0. The van der Waals surface area contributed by atoms with Gasteiger partial charge in [-0.05, 0) is 19.0 Å². The molecule has 0 atom stereocenters. The van der Waals surface area contributed by atoms with Crippen LogP contribution in [0.3, 0.4) is 0 Å². The maximum atomic E-state index is 5.78. The summed E-state index contributed by atoms with van der Waals surface area (Å²) >= 11 is 0. The Morgan fingerprint density at radius 3 is 2.36 bits per heavy atom. The van der Waals surface area contributed by atoms with E-state index in [9.17, 15) is 0 Å². The lowest BCUT2D eigenvalue weighted by atomic mass is 10.5. The van der Waals surface area contributed by atoms with E-state index in [-0.39, 0.29) is 0 Å². The molecule has 0 bridgehead atoms. The first kappa shape index (κ1) is 12.7. The molecule has 0 unspecified atom stereocenters. The van der Waals surface area contributed by atoms with Crippen molar-refractivity contribution in [2.75, 3.05) is 13.7 Å². The van der Waals surface area contributed by atoms with Gasteiger partial charge >= 0.3 is 8.56 Å². The van der Waals surface area contributed by atoms with Gasteiger partial charge in [0, 0.05) is 13.7 Å². The van der Waals surface area contributed by atoms with Gasteiger partial charge in [0.2, 0.25) is 0 Å². The summed E-state index contributed by atoms with van der Waals surface area (Å²) < 4.78 is 27.3. The normalized spacial score (nSPS) is 34.7. The molecule has 14 heavy (non-hydrogen) atoms. The summed E-state index contributed by atoms with van der Waals surface area (Å²) in [5.41, 5.74) is 0. The second-order valence-electron chi connectivity index (χ2n) is 3.28. The standard InChI is InChI=1S/C5H18O5Si4/c1-6-4-3-5-14(2)9-12-7-11-8-13-10-14/h3-5,11-13H2,1-2H3. The summed E-state index contributed by atoms with van der Waals surface area (Å²) in [7, 11) is -2.64. The summed E-state index contributed by atoms with van der Waals surface area (Å²) in [6, 6.07) is 0.981. The molecule has 0 aromatic rings. The van der Waals surface area contributed by atoms with Gasteiger partial charge < -0.3 is 21.2 Å². The monoisotopic (exact) mass is 270 g/mol. The fourth-order valence-electron chi connectivity index (χ4n) is 1.18. The molecule has 1 rings (SSSR count). The first-order valence-corrected chi connectivity index (χ1v) is 10.7. The molecular weight excluding hydrogens is 252 g/mol. The molecule has 0 spiro atoms. The molecule has 0 radical (unpaired) electrons. The number of methoxy groups -OCH3 is 1. The third-order valence-electron chi connectivity index (χ3n) is 2.04. The Balaban J connectivity index is 2.27. The minimum Gasteiger partial charge on any atom is -0.425 e. The van der Waals surface area contributed by atoms with Crippen LogP contribution >= 0.6 is 0 Å². The fourth-order valence-corrected chi connectivity index (χ4v) is 10.4. The fraction of sp³-hybridized carbons (Fsp3) is 1.00. The Hall–Kier alpha value is 0.668. The Labute approximate surface area is 92.9 Å². The van der Waals surface area contributed by atoms with E-state index in [2.05, 4.69) is 6.55 Å². The van der Waals surface area contributed by atoms with E-state index in [4.69, 9.17) is 21.2 Å². The van der Waals surface area contributed by atoms with Crippen molar-refractivity contribution in [3.63, 3.8) is 0 Å². The van der Waals surface area contributed by atoms with Gasteiger partial charge in [-0.25, -0.2) is 0 Å². The molecule has 0 aromatic carbocycles. The maximum absolute atomic E-state index is 5.78. The first-order valence-electron chi connectivity index (χ1n) is 4.69. The van der Waals surface area contributed by atoms with Crippen LogP contribution in [0.25, 0.3) is 0 Å². The van der Waals surface area contributed by atoms with Crippen molar-refractivity contribution in [2.45, 2.75) is 19.0 Å². The maximum Gasteiger partial charge on any atom is 0.316 e. The lowest BCUT2D eigenvalue weighted by molar-refractivity contribution is 0.195. The highest BCUT2D eigenvalue weighted by molar-refractivity contribution is 6.74. The van der Waals surface area contributed by atoms with E-state index in [0.29, 0.717) is 0 Å². The molecule has 0 aliphatic carbocycles. The van der Waals surface area contributed by atoms with Gasteiger partial charge in [0.05, 0.1) is 0 Å². The third kappa shape index (κ3) is 4.95. The Morgan fingerprint density at radius 2 is 1.79 bits per heavy atom. The van der Waals surface area contributed by atoms with Crippen molar-refractivity contribution in [3.05, 3.63) is 0 Å². The van der Waals surface area contributed by atoms with Gasteiger partial charge in [-0.3, -0.25) is 0 Å². The Kier molecular flexibility index (Phi) is 6.39. The lowest BCUT2D eigenvalue weighted by Gasteiger charge is -2.29. The predicted octanol–water partition coefficient (Wildman–Crippen LogP) is -1.83. The second kappa shape index (κ2) is 7.03. The molecule has 1 aliphatic rings. The summed E-state index contributed by atoms with van der Waals surface area (Å²) in [6.45, 7) is 2.87. The van der Waals surface area contributed by atoms with Gasteiger partial charge in [-0.1, -0.05) is 0 Å². The topological polar surface area (TPSA) is 46.2 Å². The number of hydrogen-bond donors (Lipinski definition) is 0. The lowest BCUT2D eigenvalue weighted by Crippen LogP contribution is -2.44. The minimum absolute atomic E-state index is 0.750. The highest BCUT2D eigenvalue weighted by atomic mass is 28.5. The van der Waals surface area contributed by atoms with E-state index >= 15 is 0 Å². The van der Waals surface area contributed by atoms with Crippen LogP contribution in [0.15, 0.2) is 0 Å². The smallest absolute Gasteiger partial charge is 0.316 e.